The highest BCUT2D eigenvalue weighted by Gasteiger charge is 2.34. The van der Waals surface area contributed by atoms with Crippen LogP contribution >= 0.6 is 27.7 Å². The molecule has 1 saturated heterocycles. The van der Waals surface area contributed by atoms with E-state index in [1.165, 1.54) is 4.90 Å². The molecule has 1 fully saturated rings. The van der Waals surface area contributed by atoms with Gasteiger partial charge in [0.05, 0.1) is 22.5 Å². The van der Waals surface area contributed by atoms with E-state index in [4.69, 9.17) is 4.74 Å². The first kappa shape index (κ1) is 18.7. The van der Waals surface area contributed by atoms with Crippen molar-refractivity contribution in [2.75, 3.05) is 6.61 Å². The van der Waals surface area contributed by atoms with Crippen molar-refractivity contribution in [3.8, 4) is 5.75 Å². The van der Waals surface area contributed by atoms with Crippen LogP contribution in [0.15, 0.2) is 51.8 Å². The summed E-state index contributed by atoms with van der Waals surface area (Å²) < 4.78 is 6.30. The summed E-state index contributed by atoms with van der Waals surface area (Å²) in [6.07, 6.45) is 1.74. The molecule has 0 atom stereocenters. The van der Waals surface area contributed by atoms with E-state index in [2.05, 4.69) is 15.9 Å². The van der Waals surface area contributed by atoms with Gasteiger partial charge in [-0.15, -0.1) is 0 Å². The summed E-state index contributed by atoms with van der Waals surface area (Å²) in [6.45, 7) is 4.78. The summed E-state index contributed by atoms with van der Waals surface area (Å²) in [5.41, 5.74) is 2.88. The average Bonchev–Trinajstić information content (AvgIpc) is 2.85. The standard InChI is InChI=1S/C20H18BrNO3S/c1-3-25-17-8-7-14(10-16(17)21)11-18-19(23)22(20(24)26-18)12-15-6-4-5-13(2)9-15/h4-11H,3,12H2,1-2H3/b18-11-. The van der Waals surface area contributed by atoms with Crippen molar-refractivity contribution in [1.29, 1.82) is 0 Å². The van der Waals surface area contributed by atoms with Crippen LogP contribution in [-0.2, 0) is 11.3 Å². The molecule has 0 N–H and O–H groups in total. The molecular weight excluding hydrogens is 414 g/mol. The van der Waals surface area contributed by atoms with Gasteiger partial charge >= 0.3 is 0 Å². The number of nitrogens with zero attached hydrogens (tertiary/aromatic N) is 1. The van der Waals surface area contributed by atoms with E-state index in [-0.39, 0.29) is 17.7 Å². The Labute approximate surface area is 165 Å². The molecule has 0 spiro atoms. The first-order chi connectivity index (χ1) is 12.5. The monoisotopic (exact) mass is 431 g/mol. The quantitative estimate of drug-likeness (QED) is 0.595. The molecule has 4 nitrogen and oxygen atoms in total. The number of halogens is 1. The molecule has 1 aliphatic rings. The minimum atomic E-state index is -0.258. The fraction of sp³-hybridized carbons (Fsp3) is 0.200. The van der Waals surface area contributed by atoms with E-state index < -0.39 is 0 Å². The minimum absolute atomic E-state index is 0.243. The Balaban J connectivity index is 1.80. The zero-order valence-electron chi connectivity index (χ0n) is 14.5. The van der Waals surface area contributed by atoms with Gasteiger partial charge in [0.1, 0.15) is 5.75 Å². The lowest BCUT2D eigenvalue weighted by Crippen LogP contribution is -2.27. The molecule has 6 heteroatoms. The van der Waals surface area contributed by atoms with Crippen molar-refractivity contribution in [3.05, 3.63) is 68.5 Å². The number of ether oxygens (including phenoxy) is 1. The maximum absolute atomic E-state index is 12.6. The highest BCUT2D eigenvalue weighted by molar-refractivity contribution is 9.10. The number of carbonyl (C=O) groups excluding carboxylic acids is 2. The average molecular weight is 432 g/mol. The highest BCUT2D eigenvalue weighted by atomic mass is 79.9. The molecule has 0 aliphatic carbocycles. The Kier molecular flexibility index (Phi) is 5.84. The summed E-state index contributed by atoms with van der Waals surface area (Å²) in [5, 5.41) is -0.243. The lowest BCUT2D eigenvalue weighted by Gasteiger charge is -2.12. The van der Waals surface area contributed by atoms with Gasteiger partial charge in [-0.2, -0.15) is 0 Å². The van der Waals surface area contributed by atoms with Gasteiger partial charge < -0.3 is 4.74 Å². The van der Waals surface area contributed by atoms with Crippen LogP contribution in [0.4, 0.5) is 4.79 Å². The van der Waals surface area contributed by atoms with Gasteiger partial charge in [-0.25, -0.2) is 0 Å². The molecule has 2 aromatic rings. The Hall–Kier alpha value is -2.05. The van der Waals surface area contributed by atoms with Crippen molar-refractivity contribution in [1.82, 2.24) is 4.90 Å². The van der Waals surface area contributed by atoms with Crippen LogP contribution < -0.4 is 4.74 Å². The van der Waals surface area contributed by atoms with Gasteiger partial charge in [-0.1, -0.05) is 35.9 Å². The van der Waals surface area contributed by atoms with Crippen molar-refractivity contribution in [2.24, 2.45) is 0 Å². The topological polar surface area (TPSA) is 46.6 Å². The maximum Gasteiger partial charge on any atom is 0.293 e. The molecule has 0 radical (unpaired) electrons. The first-order valence-corrected chi connectivity index (χ1v) is 9.82. The third kappa shape index (κ3) is 4.19. The Bertz CT molecular complexity index is 894. The Morgan fingerprint density at radius 1 is 1.19 bits per heavy atom. The van der Waals surface area contributed by atoms with Crippen LogP contribution in [0.3, 0.4) is 0 Å². The second-order valence-electron chi connectivity index (χ2n) is 5.88. The number of benzene rings is 2. The van der Waals surface area contributed by atoms with Crippen molar-refractivity contribution < 1.29 is 14.3 Å². The SMILES string of the molecule is CCOc1ccc(/C=C2\SC(=O)N(Cc3cccc(C)c3)C2=O)cc1Br. The van der Waals surface area contributed by atoms with E-state index >= 15 is 0 Å². The molecule has 134 valence electrons. The number of hydrogen-bond acceptors (Lipinski definition) is 4. The molecule has 3 rings (SSSR count). The van der Waals surface area contributed by atoms with Gasteiger partial charge in [-0.3, -0.25) is 14.5 Å². The number of carbonyl (C=O) groups is 2. The predicted octanol–water partition coefficient (Wildman–Crippen LogP) is 5.39. The zero-order valence-corrected chi connectivity index (χ0v) is 16.9. The number of hydrogen-bond donors (Lipinski definition) is 0. The summed E-state index contributed by atoms with van der Waals surface area (Å²) in [7, 11) is 0. The summed E-state index contributed by atoms with van der Waals surface area (Å²) in [6, 6.07) is 13.4. The second-order valence-corrected chi connectivity index (χ2v) is 7.73. The summed E-state index contributed by atoms with van der Waals surface area (Å²) in [5.74, 6) is 0.490. The number of thioether (sulfide) groups is 1. The van der Waals surface area contributed by atoms with Crippen molar-refractivity contribution >= 4 is 44.9 Å². The largest absolute Gasteiger partial charge is 0.493 e. The third-order valence-corrected chi connectivity index (χ3v) is 5.38. The van der Waals surface area contributed by atoms with Crippen LogP contribution in [0.1, 0.15) is 23.6 Å². The highest BCUT2D eigenvalue weighted by Crippen LogP contribution is 2.34. The van der Waals surface area contributed by atoms with Crippen LogP contribution in [0.5, 0.6) is 5.75 Å². The number of aryl methyl sites for hydroxylation is 1. The fourth-order valence-corrected chi connectivity index (χ4v) is 4.01. The zero-order chi connectivity index (χ0) is 18.7. The molecule has 26 heavy (non-hydrogen) atoms. The molecule has 0 aromatic heterocycles. The van der Waals surface area contributed by atoms with Gasteiger partial charge in [0.15, 0.2) is 0 Å². The second kappa shape index (κ2) is 8.10. The van der Waals surface area contributed by atoms with Crippen LogP contribution in [0, 0.1) is 6.92 Å². The van der Waals surface area contributed by atoms with Crippen LogP contribution in [0.2, 0.25) is 0 Å². The van der Waals surface area contributed by atoms with E-state index in [9.17, 15) is 9.59 Å². The number of imide groups is 1. The minimum Gasteiger partial charge on any atom is -0.493 e. The van der Waals surface area contributed by atoms with E-state index in [1.807, 2.05) is 56.3 Å². The van der Waals surface area contributed by atoms with Crippen LogP contribution in [0.25, 0.3) is 6.08 Å². The Morgan fingerprint density at radius 2 is 2.00 bits per heavy atom. The predicted molar refractivity (Wildman–Crippen MR) is 108 cm³/mol. The molecule has 0 bridgehead atoms. The number of amides is 2. The maximum atomic E-state index is 12.6. The van der Waals surface area contributed by atoms with Crippen LogP contribution in [-0.4, -0.2) is 22.7 Å². The molecule has 0 unspecified atom stereocenters. The molecule has 1 heterocycles. The third-order valence-electron chi connectivity index (χ3n) is 3.85. The number of rotatable bonds is 5. The van der Waals surface area contributed by atoms with Gasteiger partial charge in [0.2, 0.25) is 0 Å². The first-order valence-electron chi connectivity index (χ1n) is 8.21. The van der Waals surface area contributed by atoms with Gasteiger partial charge in [-0.05, 0) is 70.9 Å². The van der Waals surface area contributed by atoms with E-state index in [1.54, 1.807) is 6.08 Å². The van der Waals surface area contributed by atoms with Gasteiger partial charge in [0.25, 0.3) is 11.1 Å². The molecule has 2 aromatic carbocycles. The lowest BCUT2D eigenvalue weighted by molar-refractivity contribution is -0.123. The van der Waals surface area contributed by atoms with E-state index in [0.29, 0.717) is 11.5 Å². The smallest absolute Gasteiger partial charge is 0.293 e. The molecule has 1 aliphatic heterocycles. The molecular formula is C20H18BrNO3S. The fourth-order valence-electron chi connectivity index (χ4n) is 2.66. The van der Waals surface area contributed by atoms with E-state index in [0.717, 1.165) is 38.7 Å². The van der Waals surface area contributed by atoms with Gasteiger partial charge in [0, 0.05) is 0 Å². The normalized spacial score (nSPS) is 15.8. The molecule has 0 saturated carbocycles. The summed E-state index contributed by atoms with van der Waals surface area (Å²) in [4.78, 5) is 26.6. The van der Waals surface area contributed by atoms with Crippen molar-refractivity contribution in [2.45, 2.75) is 20.4 Å². The summed E-state index contributed by atoms with van der Waals surface area (Å²) >= 11 is 4.44. The molecule has 2 amide bonds. The Morgan fingerprint density at radius 3 is 2.69 bits per heavy atom. The lowest BCUT2D eigenvalue weighted by atomic mass is 10.1. The van der Waals surface area contributed by atoms with Crippen molar-refractivity contribution in [3.63, 3.8) is 0 Å².